The number of hydrogen-bond donors (Lipinski definition) is 2. The van der Waals surface area contributed by atoms with Crippen LogP contribution in [0.4, 0.5) is 0 Å². The van der Waals surface area contributed by atoms with E-state index in [1.807, 2.05) is 30.3 Å². The lowest BCUT2D eigenvalue weighted by Crippen LogP contribution is -2.48. The molecule has 2 aromatic carbocycles. The van der Waals surface area contributed by atoms with Crippen molar-refractivity contribution in [2.24, 2.45) is 5.92 Å². The molecule has 0 aliphatic carbocycles. The Balaban J connectivity index is 1.58. The van der Waals surface area contributed by atoms with Crippen LogP contribution in [-0.2, 0) is 26.0 Å². The minimum Gasteiger partial charge on any atom is -0.497 e. The number of methoxy groups -OCH3 is 1. The number of carboxylic acids is 1. The largest absolute Gasteiger partial charge is 0.497 e. The van der Waals surface area contributed by atoms with Gasteiger partial charge in [-0.25, -0.2) is 13.2 Å². The molecule has 1 atom stereocenters. The van der Waals surface area contributed by atoms with Crippen LogP contribution in [-0.4, -0.2) is 55.9 Å². The van der Waals surface area contributed by atoms with Gasteiger partial charge in [0.05, 0.1) is 12.0 Å². The van der Waals surface area contributed by atoms with Gasteiger partial charge in [0.1, 0.15) is 11.8 Å². The third-order valence-corrected chi connectivity index (χ3v) is 7.33. The number of nitrogens with one attached hydrogen (secondary N) is 1. The Kier molecular flexibility index (Phi) is 7.29. The summed E-state index contributed by atoms with van der Waals surface area (Å²) in [6, 6.07) is 14.2. The molecule has 3 rings (SSSR count). The minimum absolute atomic E-state index is 0.171. The Morgan fingerprint density at radius 1 is 1.10 bits per heavy atom. The molecule has 0 saturated carbocycles. The van der Waals surface area contributed by atoms with E-state index in [2.05, 4.69) is 5.32 Å². The van der Waals surface area contributed by atoms with Gasteiger partial charge in [0.2, 0.25) is 15.9 Å². The summed E-state index contributed by atoms with van der Waals surface area (Å²) in [4.78, 5) is 24.4. The van der Waals surface area contributed by atoms with Crippen molar-refractivity contribution in [3.8, 4) is 5.75 Å². The molecule has 2 N–H and O–H groups in total. The Morgan fingerprint density at radius 2 is 1.71 bits per heavy atom. The predicted octanol–water partition coefficient (Wildman–Crippen LogP) is 1.91. The third-order valence-electron chi connectivity index (χ3n) is 5.42. The molecule has 0 bridgehead atoms. The quantitative estimate of drug-likeness (QED) is 0.641. The van der Waals surface area contributed by atoms with Crippen molar-refractivity contribution in [3.63, 3.8) is 0 Å². The summed E-state index contributed by atoms with van der Waals surface area (Å²) in [5.74, 6) is -1.32. The van der Waals surface area contributed by atoms with Crippen LogP contribution in [0.2, 0.25) is 0 Å². The molecule has 1 aliphatic rings. The fraction of sp³-hybridized carbons (Fsp3) is 0.364. The first-order valence-corrected chi connectivity index (χ1v) is 11.5. The van der Waals surface area contributed by atoms with Crippen molar-refractivity contribution in [1.82, 2.24) is 9.62 Å². The predicted molar refractivity (Wildman–Crippen MR) is 114 cm³/mol. The van der Waals surface area contributed by atoms with Crippen molar-refractivity contribution in [1.29, 1.82) is 0 Å². The van der Waals surface area contributed by atoms with Crippen molar-refractivity contribution >= 4 is 21.9 Å². The first kappa shape index (κ1) is 22.8. The summed E-state index contributed by atoms with van der Waals surface area (Å²) in [7, 11) is -2.15. The minimum atomic E-state index is -3.66. The van der Waals surface area contributed by atoms with Gasteiger partial charge < -0.3 is 15.2 Å². The molecule has 8 nitrogen and oxygen atoms in total. The number of aliphatic carboxylic acids is 1. The van der Waals surface area contributed by atoms with E-state index in [4.69, 9.17) is 4.74 Å². The smallest absolute Gasteiger partial charge is 0.326 e. The Labute approximate surface area is 181 Å². The van der Waals surface area contributed by atoms with Crippen LogP contribution in [0.5, 0.6) is 5.75 Å². The zero-order valence-electron chi connectivity index (χ0n) is 17.2. The standard InChI is InChI=1S/C22H26N2O6S/c1-30-18-7-9-19(10-8-18)31(28,29)24-13-11-17(12-14-24)21(25)23-20(22(26)27)15-16-5-3-2-4-6-16/h2-10,17,20H,11-15H2,1H3,(H,23,25)(H,26,27)/t20-/m0/s1. The highest BCUT2D eigenvalue weighted by Gasteiger charge is 2.33. The number of benzene rings is 2. The molecular weight excluding hydrogens is 420 g/mol. The molecule has 0 unspecified atom stereocenters. The van der Waals surface area contributed by atoms with Crippen molar-refractivity contribution in [3.05, 3.63) is 60.2 Å². The van der Waals surface area contributed by atoms with Crippen LogP contribution in [0.3, 0.4) is 0 Å². The summed E-state index contributed by atoms with van der Waals surface area (Å²) in [5, 5.41) is 12.1. The highest BCUT2D eigenvalue weighted by Crippen LogP contribution is 2.25. The fourth-order valence-electron chi connectivity index (χ4n) is 3.59. The van der Waals surface area contributed by atoms with Gasteiger partial charge in [-0.1, -0.05) is 30.3 Å². The first-order valence-electron chi connectivity index (χ1n) is 10.0. The van der Waals surface area contributed by atoms with E-state index >= 15 is 0 Å². The molecule has 1 heterocycles. The zero-order valence-corrected chi connectivity index (χ0v) is 18.0. The van der Waals surface area contributed by atoms with E-state index in [0.717, 1.165) is 5.56 Å². The molecule has 166 valence electrons. The first-order chi connectivity index (χ1) is 14.8. The fourth-order valence-corrected chi connectivity index (χ4v) is 5.06. The molecule has 0 spiro atoms. The molecule has 9 heteroatoms. The molecule has 1 aliphatic heterocycles. The van der Waals surface area contributed by atoms with Crippen LogP contribution in [0, 0.1) is 5.92 Å². The number of nitrogens with zero attached hydrogens (tertiary/aromatic N) is 1. The summed E-state index contributed by atoms with van der Waals surface area (Å²) in [5.41, 5.74) is 0.815. The van der Waals surface area contributed by atoms with Gasteiger partial charge in [-0.15, -0.1) is 0 Å². The molecule has 1 amide bonds. The maximum absolute atomic E-state index is 12.8. The number of carbonyl (C=O) groups is 2. The average molecular weight is 447 g/mol. The van der Waals surface area contributed by atoms with E-state index in [-0.39, 0.29) is 30.3 Å². The number of sulfonamides is 1. The summed E-state index contributed by atoms with van der Waals surface area (Å²) in [6.45, 7) is 0.395. The van der Waals surface area contributed by atoms with Crippen LogP contribution in [0.1, 0.15) is 18.4 Å². The van der Waals surface area contributed by atoms with Gasteiger partial charge in [0.15, 0.2) is 0 Å². The molecule has 0 radical (unpaired) electrons. The number of carboxylic acid groups (broad SMARTS) is 1. The normalized spacial score (nSPS) is 16.4. The van der Waals surface area contributed by atoms with Crippen LogP contribution >= 0.6 is 0 Å². The van der Waals surface area contributed by atoms with Gasteiger partial charge >= 0.3 is 5.97 Å². The molecule has 2 aromatic rings. The highest BCUT2D eigenvalue weighted by molar-refractivity contribution is 7.89. The topological polar surface area (TPSA) is 113 Å². The summed E-state index contributed by atoms with van der Waals surface area (Å²) in [6.07, 6.45) is 0.852. The van der Waals surface area contributed by atoms with Crippen molar-refractivity contribution in [2.75, 3.05) is 20.2 Å². The van der Waals surface area contributed by atoms with E-state index < -0.39 is 28.0 Å². The number of rotatable bonds is 8. The van der Waals surface area contributed by atoms with Crippen molar-refractivity contribution < 1.29 is 27.9 Å². The van der Waals surface area contributed by atoms with Crippen LogP contribution in [0.25, 0.3) is 0 Å². The molecular formula is C22H26N2O6S. The highest BCUT2D eigenvalue weighted by atomic mass is 32.2. The second-order valence-electron chi connectivity index (χ2n) is 7.44. The van der Waals surface area contributed by atoms with Gasteiger partial charge in [-0.3, -0.25) is 4.79 Å². The monoisotopic (exact) mass is 446 g/mol. The number of hydrogen-bond acceptors (Lipinski definition) is 5. The zero-order chi connectivity index (χ0) is 22.4. The van der Waals surface area contributed by atoms with Crippen molar-refractivity contribution in [2.45, 2.75) is 30.2 Å². The van der Waals surface area contributed by atoms with E-state index in [0.29, 0.717) is 18.6 Å². The summed E-state index contributed by atoms with van der Waals surface area (Å²) < 4.78 is 32.1. The number of carbonyl (C=O) groups excluding carboxylic acids is 1. The summed E-state index contributed by atoms with van der Waals surface area (Å²) >= 11 is 0. The average Bonchev–Trinajstić information content (AvgIpc) is 2.79. The number of ether oxygens (including phenoxy) is 1. The lowest BCUT2D eigenvalue weighted by molar-refractivity contribution is -0.142. The molecule has 0 aromatic heterocycles. The molecule has 31 heavy (non-hydrogen) atoms. The lowest BCUT2D eigenvalue weighted by atomic mass is 9.96. The maximum atomic E-state index is 12.8. The van der Waals surface area contributed by atoms with Gasteiger partial charge in [0, 0.05) is 25.4 Å². The van der Waals surface area contributed by atoms with Crippen LogP contribution in [0.15, 0.2) is 59.5 Å². The number of amides is 1. The third kappa shape index (κ3) is 5.62. The Morgan fingerprint density at radius 3 is 2.26 bits per heavy atom. The maximum Gasteiger partial charge on any atom is 0.326 e. The molecule has 1 fully saturated rings. The second-order valence-corrected chi connectivity index (χ2v) is 9.38. The SMILES string of the molecule is COc1ccc(S(=O)(=O)N2CCC(C(=O)N[C@@H](Cc3ccccc3)C(=O)O)CC2)cc1. The number of piperidine rings is 1. The van der Waals surface area contributed by atoms with Gasteiger partial charge in [-0.2, -0.15) is 4.31 Å². The van der Waals surface area contributed by atoms with E-state index in [1.165, 1.54) is 23.5 Å². The van der Waals surface area contributed by atoms with Gasteiger partial charge in [0.25, 0.3) is 0 Å². The second kappa shape index (κ2) is 9.93. The van der Waals surface area contributed by atoms with Gasteiger partial charge in [-0.05, 0) is 42.7 Å². The van der Waals surface area contributed by atoms with E-state index in [9.17, 15) is 23.1 Å². The van der Waals surface area contributed by atoms with E-state index in [1.54, 1.807) is 12.1 Å². The van der Waals surface area contributed by atoms with Crippen LogP contribution < -0.4 is 10.1 Å². The Hall–Kier alpha value is -2.91. The lowest BCUT2D eigenvalue weighted by Gasteiger charge is -2.31. The Bertz CT molecular complexity index is 1000. The molecule has 1 saturated heterocycles.